The van der Waals surface area contributed by atoms with Crippen LogP contribution >= 0.6 is 0 Å². The van der Waals surface area contributed by atoms with E-state index in [1.54, 1.807) is 19.0 Å². The highest BCUT2D eigenvalue weighted by Crippen LogP contribution is 2.12. The van der Waals surface area contributed by atoms with Gasteiger partial charge in [0.15, 0.2) is 5.82 Å². The molecule has 1 saturated heterocycles. The van der Waals surface area contributed by atoms with Gasteiger partial charge in [0.25, 0.3) is 0 Å². The number of rotatable bonds is 2. The first kappa shape index (κ1) is 12.8. The maximum Gasteiger partial charge on any atom is 0.345 e. The van der Waals surface area contributed by atoms with Crippen LogP contribution in [0, 0.1) is 0 Å². The van der Waals surface area contributed by atoms with Crippen molar-refractivity contribution >= 4 is 5.91 Å². The van der Waals surface area contributed by atoms with Crippen LogP contribution in [0.25, 0.3) is 0 Å². The number of carbonyl (C=O) groups is 1. The molecule has 0 spiro atoms. The van der Waals surface area contributed by atoms with Gasteiger partial charge in [0, 0.05) is 20.6 Å². The zero-order valence-electron chi connectivity index (χ0n) is 10.8. The number of amides is 1. The van der Waals surface area contributed by atoms with Crippen molar-refractivity contribution in [1.82, 2.24) is 19.2 Å². The second-order valence-electron chi connectivity index (χ2n) is 4.74. The van der Waals surface area contributed by atoms with E-state index in [0.29, 0.717) is 18.9 Å². The van der Waals surface area contributed by atoms with Crippen LogP contribution < -0.4 is 11.4 Å². The van der Waals surface area contributed by atoms with Crippen LogP contribution in [-0.2, 0) is 25.4 Å². The van der Waals surface area contributed by atoms with Crippen LogP contribution in [0.5, 0.6) is 0 Å². The molecule has 2 N–H and O–H groups in total. The van der Waals surface area contributed by atoms with Crippen molar-refractivity contribution < 1.29 is 4.79 Å². The molecule has 1 aliphatic heterocycles. The molecule has 1 aliphatic rings. The lowest BCUT2D eigenvalue weighted by Gasteiger charge is -2.21. The van der Waals surface area contributed by atoms with Gasteiger partial charge in [-0.25, -0.2) is 9.48 Å². The molecular weight excluding hydrogens is 234 g/mol. The lowest BCUT2D eigenvalue weighted by atomic mass is 10.1. The molecule has 7 heteroatoms. The third-order valence-electron chi connectivity index (χ3n) is 3.37. The van der Waals surface area contributed by atoms with E-state index in [2.05, 4.69) is 5.10 Å². The van der Waals surface area contributed by atoms with Gasteiger partial charge in [-0.05, 0) is 19.3 Å². The average Bonchev–Trinajstić information content (AvgIpc) is 2.51. The van der Waals surface area contributed by atoms with Crippen LogP contribution in [0.4, 0.5) is 0 Å². The van der Waals surface area contributed by atoms with Crippen LogP contribution in [0.3, 0.4) is 0 Å². The van der Waals surface area contributed by atoms with E-state index < -0.39 is 6.04 Å². The number of hydrogen-bond donors (Lipinski definition) is 1. The van der Waals surface area contributed by atoms with E-state index in [1.807, 2.05) is 0 Å². The SMILES string of the molecule is Cn1nc(CN2CCCCC(N)C2=O)n(C)c1=O. The molecule has 7 nitrogen and oxygen atoms in total. The first-order chi connectivity index (χ1) is 8.50. The Hall–Kier alpha value is -1.63. The summed E-state index contributed by atoms with van der Waals surface area (Å²) in [6, 6.07) is -0.423. The summed E-state index contributed by atoms with van der Waals surface area (Å²) < 4.78 is 2.74. The standard InChI is InChI=1S/C11H19N5O2/c1-14-9(13-15(2)11(14)18)7-16-6-4-3-5-8(12)10(16)17/h8H,3-7,12H2,1-2H3. The Morgan fingerprint density at radius 1 is 1.33 bits per heavy atom. The molecule has 1 aromatic heterocycles. The number of hydrogen-bond acceptors (Lipinski definition) is 4. The summed E-state index contributed by atoms with van der Waals surface area (Å²) in [5.41, 5.74) is 5.63. The molecule has 2 heterocycles. The number of nitrogens with two attached hydrogens (primary N) is 1. The van der Waals surface area contributed by atoms with Gasteiger partial charge in [0.05, 0.1) is 12.6 Å². The molecule has 1 amide bonds. The lowest BCUT2D eigenvalue weighted by molar-refractivity contribution is -0.132. The first-order valence-electron chi connectivity index (χ1n) is 6.14. The monoisotopic (exact) mass is 253 g/mol. The van der Waals surface area contributed by atoms with E-state index in [0.717, 1.165) is 19.3 Å². The predicted octanol–water partition coefficient (Wildman–Crippen LogP) is -1.04. The fourth-order valence-electron chi connectivity index (χ4n) is 2.21. The Bertz CT molecular complexity index is 504. The summed E-state index contributed by atoms with van der Waals surface area (Å²) in [4.78, 5) is 25.3. The molecule has 2 rings (SSSR count). The Labute approximate surface area is 105 Å². The molecule has 1 aromatic rings. The van der Waals surface area contributed by atoms with E-state index >= 15 is 0 Å². The second-order valence-corrected chi connectivity index (χ2v) is 4.74. The second kappa shape index (κ2) is 4.93. The van der Waals surface area contributed by atoms with Crippen molar-refractivity contribution in [2.45, 2.75) is 31.8 Å². The predicted molar refractivity (Wildman–Crippen MR) is 65.7 cm³/mol. The van der Waals surface area contributed by atoms with Crippen molar-refractivity contribution in [3.63, 3.8) is 0 Å². The van der Waals surface area contributed by atoms with Gasteiger partial charge in [0.1, 0.15) is 0 Å². The maximum absolute atomic E-state index is 12.0. The van der Waals surface area contributed by atoms with Crippen LogP contribution in [0.15, 0.2) is 4.79 Å². The molecule has 0 bridgehead atoms. The smallest absolute Gasteiger partial charge is 0.334 e. The molecule has 0 radical (unpaired) electrons. The van der Waals surface area contributed by atoms with E-state index in [-0.39, 0.29) is 11.6 Å². The van der Waals surface area contributed by atoms with E-state index in [9.17, 15) is 9.59 Å². The average molecular weight is 253 g/mol. The molecule has 1 atom stereocenters. The largest absolute Gasteiger partial charge is 0.345 e. The lowest BCUT2D eigenvalue weighted by Crippen LogP contribution is -2.42. The minimum atomic E-state index is -0.423. The number of nitrogens with zero attached hydrogens (tertiary/aromatic N) is 4. The minimum absolute atomic E-state index is 0.0504. The van der Waals surface area contributed by atoms with Crippen molar-refractivity contribution in [2.75, 3.05) is 6.54 Å². The zero-order valence-corrected chi connectivity index (χ0v) is 10.8. The van der Waals surface area contributed by atoms with Crippen LogP contribution in [0.2, 0.25) is 0 Å². The van der Waals surface area contributed by atoms with E-state index in [1.165, 1.54) is 9.25 Å². The Morgan fingerprint density at radius 3 is 2.67 bits per heavy atom. The molecule has 0 saturated carbocycles. The molecule has 0 aliphatic carbocycles. The molecule has 1 fully saturated rings. The maximum atomic E-state index is 12.0. The number of aromatic nitrogens is 3. The molecule has 100 valence electrons. The third kappa shape index (κ3) is 2.31. The summed E-state index contributed by atoms with van der Waals surface area (Å²) in [7, 11) is 3.26. The van der Waals surface area contributed by atoms with Crippen molar-refractivity contribution in [3.8, 4) is 0 Å². The summed E-state index contributed by atoms with van der Waals surface area (Å²) in [5.74, 6) is 0.538. The molecule has 1 unspecified atom stereocenters. The molecule has 18 heavy (non-hydrogen) atoms. The first-order valence-corrected chi connectivity index (χ1v) is 6.14. The van der Waals surface area contributed by atoms with E-state index in [4.69, 9.17) is 5.73 Å². The van der Waals surface area contributed by atoms with Gasteiger partial charge in [-0.15, -0.1) is 0 Å². The Balaban J connectivity index is 2.19. The third-order valence-corrected chi connectivity index (χ3v) is 3.37. The van der Waals surface area contributed by atoms with Gasteiger partial charge < -0.3 is 10.6 Å². The Kier molecular flexibility index (Phi) is 3.51. The number of aryl methyl sites for hydroxylation is 1. The highest BCUT2D eigenvalue weighted by Gasteiger charge is 2.25. The topological polar surface area (TPSA) is 86.2 Å². The number of likely N-dealkylation sites (tertiary alicyclic amines) is 1. The van der Waals surface area contributed by atoms with Crippen molar-refractivity contribution in [1.29, 1.82) is 0 Å². The highest BCUT2D eigenvalue weighted by atomic mass is 16.2. The van der Waals surface area contributed by atoms with Crippen LogP contribution in [-0.4, -0.2) is 37.7 Å². The molecular formula is C11H19N5O2. The van der Waals surface area contributed by atoms with Gasteiger partial charge >= 0.3 is 5.69 Å². The van der Waals surface area contributed by atoms with Crippen LogP contribution in [0.1, 0.15) is 25.1 Å². The van der Waals surface area contributed by atoms with Gasteiger partial charge in [-0.2, -0.15) is 5.10 Å². The molecule has 0 aromatic carbocycles. The zero-order chi connectivity index (χ0) is 13.3. The normalized spacial score (nSPS) is 21.2. The van der Waals surface area contributed by atoms with Gasteiger partial charge in [-0.1, -0.05) is 0 Å². The van der Waals surface area contributed by atoms with Gasteiger partial charge in [-0.3, -0.25) is 9.36 Å². The van der Waals surface area contributed by atoms with Crippen molar-refractivity contribution in [2.24, 2.45) is 19.8 Å². The highest BCUT2D eigenvalue weighted by molar-refractivity contribution is 5.81. The number of carbonyl (C=O) groups excluding carboxylic acids is 1. The fraction of sp³-hybridized carbons (Fsp3) is 0.727. The Morgan fingerprint density at radius 2 is 2.06 bits per heavy atom. The van der Waals surface area contributed by atoms with Crippen molar-refractivity contribution in [3.05, 3.63) is 16.3 Å². The van der Waals surface area contributed by atoms with Gasteiger partial charge in [0.2, 0.25) is 5.91 Å². The fourth-order valence-corrected chi connectivity index (χ4v) is 2.21. The minimum Gasteiger partial charge on any atom is -0.334 e. The quantitative estimate of drug-likeness (QED) is 0.729. The summed E-state index contributed by atoms with van der Waals surface area (Å²) >= 11 is 0. The summed E-state index contributed by atoms with van der Waals surface area (Å²) in [5, 5.41) is 4.13. The summed E-state index contributed by atoms with van der Waals surface area (Å²) in [6.45, 7) is 1.02. The summed E-state index contributed by atoms with van der Waals surface area (Å²) in [6.07, 6.45) is 2.64.